The number of hydrogen-bond donors (Lipinski definition) is 1. The van der Waals surface area contributed by atoms with Crippen LogP contribution in [-0.4, -0.2) is 70.5 Å². The Labute approximate surface area is 315 Å². The van der Waals surface area contributed by atoms with Gasteiger partial charge < -0.3 is 9.73 Å². The molecule has 55 heavy (non-hydrogen) atoms. The van der Waals surface area contributed by atoms with E-state index in [4.69, 9.17) is 4.42 Å². The first kappa shape index (κ1) is 36.6. The summed E-state index contributed by atoms with van der Waals surface area (Å²) in [6.07, 6.45) is -2.58. The number of nitrogens with one attached hydrogen (secondary N) is 1. The number of benzene rings is 4. The molecule has 4 aromatic carbocycles. The fraction of sp³-hybridized carbons (Fsp3) is 0.302. The number of oxazole rings is 1. The molecule has 2 atom stereocenters. The maximum Gasteiger partial charge on any atom is 0.421 e. The molecule has 1 N–H and O–H groups in total. The number of pyridine rings is 1. The molecule has 2 aliphatic heterocycles. The monoisotopic (exact) mass is 753 g/mol. The zero-order valence-electron chi connectivity index (χ0n) is 30.1. The van der Waals surface area contributed by atoms with E-state index in [0.29, 0.717) is 48.4 Å². The average Bonchev–Trinajstić information content (AvgIpc) is 3.51. The molecule has 0 bridgehead atoms. The van der Waals surface area contributed by atoms with Gasteiger partial charge in [-0.05, 0) is 48.1 Å². The van der Waals surface area contributed by atoms with Crippen molar-refractivity contribution >= 4 is 16.8 Å². The van der Waals surface area contributed by atoms with Gasteiger partial charge in [-0.1, -0.05) is 97.1 Å². The van der Waals surface area contributed by atoms with Crippen LogP contribution in [0.15, 0.2) is 125 Å². The first-order chi connectivity index (χ1) is 26.6. The highest BCUT2D eigenvalue weighted by Gasteiger charge is 2.45. The fourth-order valence-corrected chi connectivity index (χ4v) is 8.56. The van der Waals surface area contributed by atoms with E-state index in [1.165, 1.54) is 17.2 Å². The maximum absolute atomic E-state index is 16.2. The van der Waals surface area contributed by atoms with Crippen molar-refractivity contribution in [2.75, 3.05) is 38.2 Å². The highest BCUT2D eigenvalue weighted by molar-refractivity contribution is 5.81. The molecule has 0 saturated carbocycles. The molecule has 0 radical (unpaired) electrons. The molecule has 0 aliphatic carbocycles. The normalized spacial score (nSPS) is 18.3. The van der Waals surface area contributed by atoms with E-state index in [-0.39, 0.29) is 23.7 Å². The smallest absolute Gasteiger partial charge is 0.407 e. The minimum Gasteiger partial charge on any atom is -0.407 e. The van der Waals surface area contributed by atoms with Crippen molar-refractivity contribution in [3.05, 3.63) is 165 Å². The van der Waals surface area contributed by atoms with E-state index < -0.39 is 48.6 Å². The summed E-state index contributed by atoms with van der Waals surface area (Å²) >= 11 is 0. The predicted octanol–water partition coefficient (Wildman–Crippen LogP) is 8.32. The van der Waals surface area contributed by atoms with Gasteiger partial charge >= 0.3 is 11.9 Å². The van der Waals surface area contributed by atoms with E-state index in [0.717, 1.165) is 16.7 Å². The SMILES string of the molecule is C[C@@H]1Cc2c(ccc3c2oc(=O)n3C(c2ccccc2)(c2ccccc2)c2ccccc2)[C@@H](c2ncc(NC3CN(CCCF)C3)cc2F)N1CC(F)(F)F. The standard InChI is InChI=1S/C43H40F5N5O2/c1-28-22-35-34(39(52(28)27-42(46,47)48)38-36(45)23-32(24-49-38)50-33-25-51(26-33)21-11-20-44)18-19-37-40(35)55-41(54)53(37)43(29-12-5-2-6-13-29,30-14-7-3-8-15-30)31-16-9-4-10-17-31/h2-10,12-19,23-24,28,33,39,50H,11,20-22,25-27H2,1H3/t28-,39+/m1/s1. The number of likely N-dealkylation sites (tertiary alicyclic amines) is 1. The van der Waals surface area contributed by atoms with E-state index in [1.54, 1.807) is 23.6 Å². The van der Waals surface area contributed by atoms with Crippen molar-refractivity contribution in [1.82, 2.24) is 19.4 Å². The molecule has 2 aliphatic rings. The highest BCUT2D eigenvalue weighted by Crippen LogP contribution is 2.46. The van der Waals surface area contributed by atoms with E-state index in [2.05, 4.69) is 15.2 Å². The Kier molecular flexibility index (Phi) is 9.81. The van der Waals surface area contributed by atoms with Crippen LogP contribution in [0, 0.1) is 5.82 Å². The number of anilines is 1. The average molecular weight is 754 g/mol. The Bertz CT molecular complexity index is 2230. The van der Waals surface area contributed by atoms with Gasteiger partial charge in [-0.25, -0.2) is 9.18 Å². The van der Waals surface area contributed by atoms with Crippen LogP contribution in [0.5, 0.6) is 0 Å². The van der Waals surface area contributed by atoms with E-state index >= 15 is 4.39 Å². The van der Waals surface area contributed by atoms with Gasteiger partial charge in [0, 0.05) is 37.3 Å². The Hall–Kier alpha value is -5.33. The molecule has 284 valence electrons. The lowest BCUT2D eigenvalue weighted by Gasteiger charge is -2.42. The summed E-state index contributed by atoms with van der Waals surface area (Å²) in [7, 11) is 0. The topological polar surface area (TPSA) is 66.5 Å². The first-order valence-electron chi connectivity index (χ1n) is 18.5. The largest absolute Gasteiger partial charge is 0.421 e. The van der Waals surface area contributed by atoms with Gasteiger partial charge in [-0.15, -0.1) is 0 Å². The summed E-state index contributed by atoms with van der Waals surface area (Å²) in [5.41, 5.74) is 3.03. The second-order valence-electron chi connectivity index (χ2n) is 14.5. The number of aromatic nitrogens is 2. The molecular weight excluding hydrogens is 713 g/mol. The molecule has 7 nitrogen and oxygen atoms in total. The molecule has 8 rings (SSSR count). The summed E-state index contributed by atoms with van der Waals surface area (Å²) in [5.74, 6) is -1.41. The van der Waals surface area contributed by atoms with Gasteiger partial charge in [0.05, 0.1) is 48.4 Å². The van der Waals surface area contributed by atoms with Gasteiger partial charge in [0.15, 0.2) is 5.58 Å². The molecule has 1 fully saturated rings. The number of alkyl halides is 4. The van der Waals surface area contributed by atoms with Gasteiger partial charge in [0.2, 0.25) is 0 Å². The van der Waals surface area contributed by atoms with Gasteiger partial charge in [0.25, 0.3) is 0 Å². The van der Waals surface area contributed by atoms with Gasteiger partial charge in [0.1, 0.15) is 11.4 Å². The van der Waals surface area contributed by atoms with Gasteiger partial charge in [-0.2, -0.15) is 13.2 Å². The minimum atomic E-state index is -4.58. The van der Waals surface area contributed by atoms with Crippen molar-refractivity contribution in [3.63, 3.8) is 0 Å². The molecule has 0 amide bonds. The van der Waals surface area contributed by atoms with Crippen LogP contribution in [0.3, 0.4) is 0 Å². The molecule has 0 spiro atoms. The van der Waals surface area contributed by atoms with Crippen LogP contribution < -0.4 is 11.1 Å². The number of halogens is 5. The molecule has 12 heteroatoms. The summed E-state index contributed by atoms with van der Waals surface area (Å²) < 4.78 is 79.3. The number of nitrogens with zero attached hydrogens (tertiary/aromatic N) is 4. The molecule has 2 aromatic heterocycles. The lowest BCUT2D eigenvalue weighted by atomic mass is 9.76. The van der Waals surface area contributed by atoms with Gasteiger partial charge in [-0.3, -0.25) is 23.7 Å². The Morgan fingerprint density at radius 3 is 2.02 bits per heavy atom. The zero-order valence-corrected chi connectivity index (χ0v) is 30.1. The third kappa shape index (κ3) is 6.71. The van der Waals surface area contributed by atoms with Crippen molar-refractivity contribution in [1.29, 1.82) is 0 Å². The highest BCUT2D eigenvalue weighted by atomic mass is 19.4. The van der Waals surface area contributed by atoms with Crippen molar-refractivity contribution in [3.8, 4) is 0 Å². The van der Waals surface area contributed by atoms with Crippen LogP contribution in [-0.2, 0) is 12.0 Å². The Morgan fingerprint density at radius 2 is 1.47 bits per heavy atom. The first-order valence-corrected chi connectivity index (χ1v) is 18.5. The zero-order chi connectivity index (χ0) is 38.3. The lowest BCUT2D eigenvalue weighted by molar-refractivity contribution is -0.155. The number of fused-ring (bicyclic) bond motifs is 3. The summed E-state index contributed by atoms with van der Waals surface area (Å²) in [6.45, 7) is 1.94. The Balaban J connectivity index is 1.28. The molecule has 1 saturated heterocycles. The van der Waals surface area contributed by atoms with Crippen molar-refractivity contribution < 1.29 is 26.4 Å². The third-order valence-electron chi connectivity index (χ3n) is 10.9. The lowest BCUT2D eigenvalue weighted by Crippen LogP contribution is -2.54. The van der Waals surface area contributed by atoms with Crippen LogP contribution in [0.1, 0.15) is 52.9 Å². The summed E-state index contributed by atoms with van der Waals surface area (Å²) in [5, 5.41) is 3.24. The van der Waals surface area contributed by atoms with Crippen LogP contribution in [0.4, 0.5) is 27.6 Å². The quantitative estimate of drug-likeness (QED) is 0.106. The summed E-state index contributed by atoms with van der Waals surface area (Å²) in [4.78, 5) is 22.2. The summed E-state index contributed by atoms with van der Waals surface area (Å²) in [6, 6.07) is 31.6. The van der Waals surface area contributed by atoms with E-state index in [9.17, 15) is 22.4 Å². The molecule has 6 aromatic rings. The second-order valence-corrected chi connectivity index (χ2v) is 14.5. The number of rotatable bonds is 11. The van der Waals surface area contributed by atoms with Crippen LogP contribution >= 0.6 is 0 Å². The fourth-order valence-electron chi connectivity index (χ4n) is 8.56. The van der Waals surface area contributed by atoms with Crippen molar-refractivity contribution in [2.24, 2.45) is 0 Å². The number of hydrogen-bond acceptors (Lipinski definition) is 6. The van der Waals surface area contributed by atoms with Crippen LogP contribution in [0.2, 0.25) is 0 Å². The predicted molar refractivity (Wildman–Crippen MR) is 201 cm³/mol. The molecular formula is C43H40F5N5O2. The second kappa shape index (κ2) is 14.7. The Morgan fingerprint density at radius 1 is 0.873 bits per heavy atom. The minimum absolute atomic E-state index is 0.0128. The maximum atomic E-state index is 16.2. The molecule has 0 unspecified atom stereocenters. The molecule has 4 heterocycles. The van der Waals surface area contributed by atoms with E-state index in [1.807, 2.05) is 91.0 Å². The third-order valence-corrected chi connectivity index (χ3v) is 10.9. The van der Waals surface area contributed by atoms with Crippen LogP contribution in [0.25, 0.3) is 11.1 Å². The van der Waals surface area contributed by atoms with Crippen molar-refractivity contribution in [2.45, 2.75) is 49.6 Å².